The summed E-state index contributed by atoms with van der Waals surface area (Å²) in [5.41, 5.74) is -0.0113. The van der Waals surface area contributed by atoms with Crippen LogP contribution in [0.1, 0.15) is 20.3 Å². The molecule has 4 heterocycles. The van der Waals surface area contributed by atoms with Gasteiger partial charge in [0.25, 0.3) is 5.91 Å². The number of carbonyl (C=O) groups excluding carboxylic acids is 2. The number of fused-ring (bicyclic) bond motifs is 1. The summed E-state index contributed by atoms with van der Waals surface area (Å²) in [4.78, 5) is 40.6. The minimum Gasteiger partial charge on any atom is -0.477 e. The van der Waals surface area contributed by atoms with Gasteiger partial charge >= 0.3 is 12.4 Å². The van der Waals surface area contributed by atoms with Crippen LogP contribution in [0.2, 0.25) is 0 Å². The van der Waals surface area contributed by atoms with Gasteiger partial charge in [0.2, 0.25) is 5.91 Å². The van der Waals surface area contributed by atoms with Gasteiger partial charge in [-0.05, 0) is 13.3 Å². The summed E-state index contributed by atoms with van der Waals surface area (Å²) >= 11 is 1.50. The molecule has 9 nitrogen and oxygen atoms in total. The van der Waals surface area contributed by atoms with E-state index in [1.165, 1.54) is 23.6 Å². The fourth-order valence-corrected chi connectivity index (χ4v) is 6.88. The second-order valence-electron chi connectivity index (χ2n) is 9.12. The van der Waals surface area contributed by atoms with E-state index in [1.807, 2.05) is 6.92 Å². The first kappa shape index (κ1) is 24.4. The van der Waals surface area contributed by atoms with Crippen molar-refractivity contribution in [2.24, 2.45) is 11.8 Å². The molecule has 0 aromatic heterocycles. The smallest absolute Gasteiger partial charge is 0.353 e. The molecule has 3 N–H and O–H groups in total. The lowest BCUT2D eigenvalue weighted by Crippen LogP contribution is -2.66. The molecule has 12 heteroatoms. The Morgan fingerprint density at radius 2 is 2.03 bits per heavy atom. The lowest BCUT2D eigenvalue weighted by atomic mass is 9.78. The number of hydrogen-bond donors (Lipinski definition) is 3. The third-order valence-electron chi connectivity index (χ3n) is 6.96. The van der Waals surface area contributed by atoms with Crippen LogP contribution < -0.4 is 10.6 Å². The summed E-state index contributed by atoms with van der Waals surface area (Å²) in [5, 5.41) is 15.7. The quantitative estimate of drug-likeness (QED) is 0.419. The SMILES string of the molecule is CC(NC(=O)C(F)F)[C@H]1C(=O)N2C(C(=O)O)=C(S[C@@H]3CN[C@H](CN4CCOCC4)C3)[C@H](C)[C@H]12. The highest BCUT2D eigenvalue weighted by atomic mass is 32.2. The largest absolute Gasteiger partial charge is 0.477 e. The van der Waals surface area contributed by atoms with Crippen LogP contribution in [0.25, 0.3) is 0 Å². The van der Waals surface area contributed by atoms with Gasteiger partial charge in [-0.3, -0.25) is 14.5 Å². The first-order chi connectivity index (χ1) is 15.7. The Labute approximate surface area is 195 Å². The molecule has 1 unspecified atom stereocenters. The molecule has 3 saturated heterocycles. The van der Waals surface area contributed by atoms with Gasteiger partial charge in [0, 0.05) is 54.3 Å². The van der Waals surface area contributed by atoms with Crippen LogP contribution >= 0.6 is 11.8 Å². The normalized spacial score (nSPS) is 33.3. The number of β-lactam (4-membered cyclic amide) rings is 1. The topological polar surface area (TPSA) is 111 Å². The molecule has 3 fully saturated rings. The van der Waals surface area contributed by atoms with Gasteiger partial charge in [-0.1, -0.05) is 6.92 Å². The monoisotopic (exact) mass is 488 g/mol. The number of hydrogen-bond acceptors (Lipinski definition) is 7. The van der Waals surface area contributed by atoms with E-state index in [0.717, 1.165) is 45.8 Å². The molecule has 0 radical (unpaired) electrons. The third-order valence-corrected chi connectivity index (χ3v) is 8.47. The Morgan fingerprint density at radius 3 is 2.67 bits per heavy atom. The summed E-state index contributed by atoms with van der Waals surface area (Å²) < 4.78 is 30.7. The molecule has 2 amide bonds. The van der Waals surface area contributed by atoms with Crippen molar-refractivity contribution in [1.29, 1.82) is 0 Å². The van der Waals surface area contributed by atoms with Crippen LogP contribution in [-0.2, 0) is 19.1 Å². The number of alkyl halides is 2. The van der Waals surface area contributed by atoms with Crippen molar-refractivity contribution in [3.8, 4) is 0 Å². The summed E-state index contributed by atoms with van der Waals surface area (Å²) in [6.45, 7) is 8.31. The second kappa shape index (κ2) is 9.85. The number of carboxylic acids is 1. The van der Waals surface area contributed by atoms with Crippen molar-refractivity contribution >= 4 is 29.5 Å². The van der Waals surface area contributed by atoms with Crippen molar-refractivity contribution < 1.29 is 33.0 Å². The van der Waals surface area contributed by atoms with Gasteiger partial charge in [-0.25, -0.2) is 4.79 Å². The van der Waals surface area contributed by atoms with Crippen molar-refractivity contribution in [2.75, 3.05) is 39.4 Å². The summed E-state index contributed by atoms with van der Waals surface area (Å²) in [5.74, 6) is -4.03. The predicted molar refractivity (Wildman–Crippen MR) is 117 cm³/mol. The Hall–Kier alpha value is -1.76. The fourth-order valence-electron chi connectivity index (χ4n) is 5.36. The Morgan fingerprint density at radius 1 is 1.33 bits per heavy atom. The molecule has 6 atom stereocenters. The molecule has 0 aromatic rings. The first-order valence-electron chi connectivity index (χ1n) is 11.3. The lowest BCUT2D eigenvalue weighted by molar-refractivity contribution is -0.159. The van der Waals surface area contributed by atoms with Gasteiger partial charge in [-0.2, -0.15) is 8.78 Å². The van der Waals surface area contributed by atoms with E-state index in [9.17, 15) is 28.3 Å². The molecular weight excluding hydrogens is 458 g/mol. The number of carbonyl (C=O) groups is 3. The molecule has 0 saturated carbocycles. The van der Waals surface area contributed by atoms with Crippen LogP contribution in [0.4, 0.5) is 8.78 Å². The fraction of sp³-hybridized carbons (Fsp3) is 0.762. The maximum Gasteiger partial charge on any atom is 0.353 e. The van der Waals surface area contributed by atoms with E-state index in [0.29, 0.717) is 10.9 Å². The molecule has 0 aliphatic carbocycles. The molecule has 0 aromatic carbocycles. The third kappa shape index (κ3) is 4.75. The van der Waals surface area contributed by atoms with Crippen LogP contribution in [0.3, 0.4) is 0 Å². The average Bonchev–Trinajstić information content (AvgIpc) is 3.29. The zero-order valence-electron chi connectivity index (χ0n) is 18.6. The maximum atomic E-state index is 12.8. The molecule has 0 bridgehead atoms. The number of aliphatic carboxylic acids is 1. The maximum absolute atomic E-state index is 12.8. The highest BCUT2D eigenvalue weighted by molar-refractivity contribution is 8.03. The first-order valence-corrected chi connectivity index (χ1v) is 12.2. The number of halogens is 2. The van der Waals surface area contributed by atoms with Crippen molar-refractivity contribution in [3.05, 3.63) is 10.6 Å². The average molecular weight is 489 g/mol. The zero-order valence-corrected chi connectivity index (χ0v) is 19.4. The Kier molecular flexibility index (Phi) is 7.27. The minimum absolute atomic E-state index is 0.0113. The highest BCUT2D eigenvalue weighted by Gasteiger charge is 2.60. The molecular formula is C21H30F2N4O5S. The van der Waals surface area contributed by atoms with Gasteiger partial charge < -0.3 is 25.4 Å². The number of rotatable bonds is 8. The van der Waals surface area contributed by atoms with Gasteiger partial charge in [0.05, 0.1) is 25.2 Å². The van der Waals surface area contributed by atoms with Gasteiger partial charge in [0.1, 0.15) is 5.70 Å². The summed E-state index contributed by atoms with van der Waals surface area (Å²) in [6.07, 6.45) is -2.28. The Bertz CT molecular complexity index is 837. The number of thioether (sulfide) groups is 1. The molecule has 4 rings (SSSR count). The number of morpholine rings is 1. The van der Waals surface area contributed by atoms with E-state index in [2.05, 4.69) is 15.5 Å². The highest BCUT2D eigenvalue weighted by Crippen LogP contribution is 2.51. The number of nitrogens with zero attached hydrogens (tertiary/aromatic N) is 2. The predicted octanol–water partition coefficient (Wildman–Crippen LogP) is 0.325. The molecule has 33 heavy (non-hydrogen) atoms. The summed E-state index contributed by atoms with van der Waals surface area (Å²) in [7, 11) is 0. The van der Waals surface area contributed by atoms with E-state index in [4.69, 9.17) is 4.74 Å². The van der Waals surface area contributed by atoms with Crippen LogP contribution in [0.5, 0.6) is 0 Å². The number of nitrogens with one attached hydrogen (secondary N) is 2. The number of amides is 2. The van der Waals surface area contributed by atoms with Crippen LogP contribution in [-0.4, -0.2) is 102 Å². The molecule has 4 aliphatic rings. The number of carboxylic acid groups (broad SMARTS) is 1. The van der Waals surface area contributed by atoms with E-state index in [-0.39, 0.29) is 16.9 Å². The Balaban J connectivity index is 1.41. The second-order valence-corrected chi connectivity index (χ2v) is 10.5. The molecule has 4 aliphatic heterocycles. The van der Waals surface area contributed by atoms with Crippen molar-refractivity contribution in [1.82, 2.24) is 20.4 Å². The van der Waals surface area contributed by atoms with Gasteiger partial charge in [-0.15, -0.1) is 11.8 Å². The standard InChI is InChI=1S/C21H30F2N4O5S/c1-10-15-14(11(2)25-19(28)18(22)23)20(29)27(15)16(21(30)31)17(10)33-13-7-12(24-8-13)9-26-3-5-32-6-4-26/h10-15,18,24H,3-9H2,1-2H3,(H,25,28)(H,30,31)/t10-,11?,12+,13+,14-,15-/m1/s1. The van der Waals surface area contributed by atoms with E-state index < -0.39 is 42.2 Å². The van der Waals surface area contributed by atoms with Crippen LogP contribution in [0.15, 0.2) is 10.6 Å². The molecule has 184 valence electrons. The minimum atomic E-state index is -3.17. The lowest BCUT2D eigenvalue weighted by Gasteiger charge is -2.47. The zero-order chi connectivity index (χ0) is 23.9. The van der Waals surface area contributed by atoms with Crippen molar-refractivity contribution in [3.63, 3.8) is 0 Å². The molecule has 0 spiro atoms. The van der Waals surface area contributed by atoms with Gasteiger partial charge in [0.15, 0.2) is 0 Å². The van der Waals surface area contributed by atoms with Crippen molar-refractivity contribution in [2.45, 2.75) is 50.1 Å². The van der Waals surface area contributed by atoms with E-state index in [1.54, 1.807) is 0 Å². The van der Waals surface area contributed by atoms with E-state index >= 15 is 0 Å². The summed E-state index contributed by atoms with van der Waals surface area (Å²) in [6, 6.07) is -0.965. The van der Waals surface area contributed by atoms with Crippen LogP contribution in [0, 0.1) is 11.8 Å². The number of ether oxygens (including phenoxy) is 1.